The van der Waals surface area contributed by atoms with Gasteiger partial charge >= 0.3 is 6.03 Å². The maximum atomic E-state index is 11.7. The van der Waals surface area contributed by atoms with Gasteiger partial charge in [-0.3, -0.25) is 10.1 Å². The molecular weight excluding hydrogens is 290 g/mol. The molecule has 0 spiro atoms. The van der Waals surface area contributed by atoms with E-state index in [1.807, 2.05) is 42.7 Å². The second-order valence-corrected chi connectivity index (χ2v) is 5.65. The second kappa shape index (κ2) is 6.40. The summed E-state index contributed by atoms with van der Waals surface area (Å²) in [4.78, 5) is 22.3. The van der Waals surface area contributed by atoms with Crippen LogP contribution in [0.3, 0.4) is 0 Å². The average Bonchev–Trinajstić information content (AvgIpc) is 2.80. The molecule has 0 bridgehead atoms. The zero-order valence-electron chi connectivity index (χ0n) is 11.6. The Morgan fingerprint density at radius 3 is 2.57 bits per heavy atom. The number of nitrogens with one attached hydrogen (secondary N) is 1. The average molecular weight is 305 g/mol. The van der Waals surface area contributed by atoms with Crippen LogP contribution in [0, 0.1) is 0 Å². The number of carbonyl (C=O) groups excluding carboxylic acids is 2. The topological polar surface area (TPSA) is 103 Å². The van der Waals surface area contributed by atoms with Gasteiger partial charge in [0.05, 0.1) is 5.25 Å². The molecule has 1 heterocycles. The van der Waals surface area contributed by atoms with Crippen molar-refractivity contribution in [2.45, 2.75) is 17.3 Å². The van der Waals surface area contributed by atoms with Crippen LogP contribution in [0.2, 0.25) is 0 Å². The van der Waals surface area contributed by atoms with Crippen molar-refractivity contribution in [1.29, 1.82) is 0 Å². The zero-order valence-corrected chi connectivity index (χ0v) is 12.4. The first kappa shape index (κ1) is 15.0. The molecular formula is C13H15N5O2S. The van der Waals surface area contributed by atoms with Gasteiger partial charge in [0.1, 0.15) is 0 Å². The molecule has 2 aromatic rings. The third-order valence-electron chi connectivity index (χ3n) is 2.76. The third-order valence-corrected chi connectivity index (χ3v) is 3.90. The lowest BCUT2D eigenvalue weighted by molar-refractivity contribution is -0.119. The van der Waals surface area contributed by atoms with E-state index in [2.05, 4.69) is 10.2 Å². The lowest BCUT2D eigenvalue weighted by Gasteiger charge is -2.09. The summed E-state index contributed by atoms with van der Waals surface area (Å²) in [5.74, 6) is 0.248. The van der Waals surface area contributed by atoms with Crippen LogP contribution in [-0.2, 0) is 11.8 Å². The number of imide groups is 1. The number of thioether (sulfide) groups is 1. The number of hydrogen-bond acceptors (Lipinski definition) is 5. The first-order valence-electron chi connectivity index (χ1n) is 6.21. The Balaban J connectivity index is 2.14. The van der Waals surface area contributed by atoms with Crippen LogP contribution in [0.25, 0.3) is 11.4 Å². The smallest absolute Gasteiger partial charge is 0.318 e. The Morgan fingerprint density at radius 1 is 1.29 bits per heavy atom. The van der Waals surface area contributed by atoms with Crippen LogP contribution in [0.4, 0.5) is 4.79 Å². The summed E-state index contributed by atoms with van der Waals surface area (Å²) < 4.78 is 1.80. The second-order valence-electron chi connectivity index (χ2n) is 4.34. The molecule has 7 nitrogen and oxygen atoms in total. The van der Waals surface area contributed by atoms with Gasteiger partial charge < -0.3 is 10.3 Å². The number of benzene rings is 1. The predicted molar refractivity (Wildman–Crippen MR) is 79.5 cm³/mol. The van der Waals surface area contributed by atoms with Crippen molar-refractivity contribution >= 4 is 23.7 Å². The summed E-state index contributed by atoms with van der Waals surface area (Å²) in [5, 5.41) is 10.3. The monoisotopic (exact) mass is 305 g/mol. The van der Waals surface area contributed by atoms with E-state index < -0.39 is 17.2 Å². The Morgan fingerprint density at radius 2 is 1.95 bits per heavy atom. The fourth-order valence-electron chi connectivity index (χ4n) is 1.69. The first-order valence-corrected chi connectivity index (χ1v) is 7.08. The number of urea groups is 1. The highest BCUT2D eigenvalue weighted by molar-refractivity contribution is 8.00. The number of primary amides is 1. The molecule has 1 aromatic carbocycles. The Bertz CT molecular complexity index is 656. The molecule has 2 rings (SSSR count). The minimum atomic E-state index is -0.865. The van der Waals surface area contributed by atoms with Gasteiger partial charge in [0.25, 0.3) is 0 Å². The molecule has 8 heteroatoms. The van der Waals surface area contributed by atoms with Gasteiger partial charge in [0.2, 0.25) is 5.91 Å². The highest BCUT2D eigenvalue weighted by atomic mass is 32.2. The van der Waals surface area contributed by atoms with Crippen molar-refractivity contribution in [1.82, 2.24) is 20.1 Å². The van der Waals surface area contributed by atoms with Crippen LogP contribution < -0.4 is 11.1 Å². The minimum absolute atomic E-state index is 0.461. The molecule has 3 N–H and O–H groups in total. The first-order chi connectivity index (χ1) is 9.99. The number of rotatable bonds is 4. The van der Waals surface area contributed by atoms with Gasteiger partial charge in [0, 0.05) is 12.6 Å². The molecule has 110 valence electrons. The van der Waals surface area contributed by atoms with E-state index in [1.165, 1.54) is 11.8 Å². The molecule has 0 aliphatic heterocycles. The summed E-state index contributed by atoms with van der Waals surface area (Å²) in [6.07, 6.45) is 0. The molecule has 0 saturated carbocycles. The van der Waals surface area contributed by atoms with Crippen LogP contribution in [0.15, 0.2) is 35.5 Å². The molecule has 1 atom stereocenters. The maximum Gasteiger partial charge on any atom is 0.318 e. The van der Waals surface area contributed by atoms with E-state index in [0.29, 0.717) is 11.0 Å². The number of nitrogens with two attached hydrogens (primary N) is 1. The number of amides is 3. The molecule has 3 amide bonds. The largest absolute Gasteiger partial charge is 0.351 e. The van der Waals surface area contributed by atoms with E-state index in [1.54, 1.807) is 11.5 Å². The number of carbonyl (C=O) groups is 2. The molecule has 0 unspecified atom stereocenters. The summed E-state index contributed by atoms with van der Waals surface area (Å²) in [6.45, 7) is 1.67. The predicted octanol–water partition coefficient (Wildman–Crippen LogP) is 1.16. The molecule has 0 aliphatic rings. The van der Waals surface area contributed by atoms with Crippen LogP contribution >= 0.6 is 11.8 Å². The van der Waals surface area contributed by atoms with Crippen LogP contribution in [-0.4, -0.2) is 32.0 Å². The quantitative estimate of drug-likeness (QED) is 0.825. The van der Waals surface area contributed by atoms with Crippen molar-refractivity contribution in [3.8, 4) is 11.4 Å². The number of nitrogens with zero attached hydrogens (tertiary/aromatic N) is 3. The van der Waals surface area contributed by atoms with Crippen molar-refractivity contribution in [2.24, 2.45) is 12.8 Å². The van der Waals surface area contributed by atoms with Gasteiger partial charge in [0.15, 0.2) is 11.0 Å². The van der Waals surface area contributed by atoms with Crippen LogP contribution in [0.1, 0.15) is 6.92 Å². The van der Waals surface area contributed by atoms with E-state index in [0.717, 1.165) is 5.56 Å². The highest BCUT2D eigenvalue weighted by Crippen LogP contribution is 2.25. The lowest BCUT2D eigenvalue weighted by Crippen LogP contribution is -2.39. The number of aromatic nitrogens is 3. The Labute approximate surface area is 125 Å². The maximum absolute atomic E-state index is 11.7. The molecule has 0 radical (unpaired) electrons. The van der Waals surface area contributed by atoms with Crippen molar-refractivity contribution in [3.63, 3.8) is 0 Å². The van der Waals surface area contributed by atoms with Gasteiger partial charge in [-0.1, -0.05) is 42.1 Å². The normalized spacial score (nSPS) is 11.9. The fraction of sp³-hybridized carbons (Fsp3) is 0.231. The van der Waals surface area contributed by atoms with E-state index >= 15 is 0 Å². The van der Waals surface area contributed by atoms with Crippen LogP contribution in [0.5, 0.6) is 0 Å². The van der Waals surface area contributed by atoms with E-state index in [9.17, 15) is 9.59 Å². The Hall–Kier alpha value is -2.35. The fourth-order valence-corrected chi connectivity index (χ4v) is 2.51. The van der Waals surface area contributed by atoms with E-state index in [-0.39, 0.29) is 0 Å². The highest BCUT2D eigenvalue weighted by Gasteiger charge is 2.20. The third kappa shape index (κ3) is 3.60. The van der Waals surface area contributed by atoms with Gasteiger partial charge in [-0.15, -0.1) is 10.2 Å². The minimum Gasteiger partial charge on any atom is -0.351 e. The SMILES string of the molecule is C[C@@H](Sc1nnc(-c2ccccc2)n1C)C(=O)NC(N)=O. The summed E-state index contributed by atoms with van der Waals surface area (Å²) in [7, 11) is 1.82. The lowest BCUT2D eigenvalue weighted by atomic mass is 10.2. The summed E-state index contributed by atoms with van der Waals surface area (Å²) >= 11 is 1.21. The number of hydrogen-bond donors (Lipinski definition) is 2. The van der Waals surface area contributed by atoms with Gasteiger partial charge in [-0.25, -0.2) is 4.79 Å². The zero-order chi connectivity index (χ0) is 15.4. The molecule has 21 heavy (non-hydrogen) atoms. The molecule has 0 aliphatic carbocycles. The van der Waals surface area contributed by atoms with E-state index in [4.69, 9.17) is 5.73 Å². The Kier molecular flexibility index (Phi) is 4.59. The van der Waals surface area contributed by atoms with Gasteiger partial charge in [-0.2, -0.15) is 0 Å². The van der Waals surface area contributed by atoms with Crippen molar-refractivity contribution in [3.05, 3.63) is 30.3 Å². The van der Waals surface area contributed by atoms with Crippen molar-refractivity contribution in [2.75, 3.05) is 0 Å². The van der Waals surface area contributed by atoms with Gasteiger partial charge in [-0.05, 0) is 6.92 Å². The molecule has 0 saturated heterocycles. The summed E-state index contributed by atoms with van der Waals surface area (Å²) in [6, 6.07) is 8.75. The molecule has 1 aromatic heterocycles. The standard InChI is InChI=1S/C13H15N5O2S/c1-8(11(19)15-12(14)20)21-13-17-16-10(18(13)2)9-6-4-3-5-7-9/h3-8H,1-2H3,(H3,14,15,19,20)/t8-/m1/s1. The molecule has 0 fully saturated rings. The van der Waals surface area contributed by atoms with Crippen molar-refractivity contribution < 1.29 is 9.59 Å². The summed E-state index contributed by atoms with van der Waals surface area (Å²) in [5.41, 5.74) is 5.86.